The van der Waals surface area contributed by atoms with Gasteiger partial charge in [-0.3, -0.25) is 4.98 Å². The Morgan fingerprint density at radius 2 is 1.36 bits per heavy atom. The van der Waals surface area contributed by atoms with Crippen molar-refractivity contribution in [3.05, 3.63) is 192 Å². The molecule has 3 aromatic heterocycles. The molecule has 0 aliphatic rings. The van der Waals surface area contributed by atoms with Gasteiger partial charge >= 0.3 is 0 Å². The second-order valence-corrected chi connectivity index (χ2v) is 23.6. The molecule has 1 radical (unpaired) electrons. The molecule has 9 rings (SSSR count). The van der Waals surface area contributed by atoms with E-state index in [2.05, 4.69) is 156 Å². The molecule has 9 aromatic rings. The maximum Gasteiger partial charge on any atom is 0.0798 e. The van der Waals surface area contributed by atoms with Gasteiger partial charge in [-0.15, -0.1) is 35.9 Å². The summed E-state index contributed by atoms with van der Waals surface area (Å²) < 4.78 is 26.3. The van der Waals surface area contributed by atoms with E-state index < -0.39 is 14.4 Å². The monoisotopic (exact) mass is 1040 g/mol. The van der Waals surface area contributed by atoms with Gasteiger partial charge in [-0.1, -0.05) is 180 Å². The Labute approximate surface area is 398 Å². The van der Waals surface area contributed by atoms with Gasteiger partial charge in [-0.25, -0.2) is 0 Å². The number of hydrogen-bond acceptors (Lipinski definition) is 3. The number of imidazole rings is 1. The summed E-state index contributed by atoms with van der Waals surface area (Å²) in [6.07, 6.45) is 4.72. The molecule has 4 nitrogen and oxygen atoms in total. The van der Waals surface area contributed by atoms with E-state index in [9.17, 15) is 0 Å². The van der Waals surface area contributed by atoms with Gasteiger partial charge in [-0.05, 0) is 93.5 Å². The minimum Gasteiger partial charge on any atom is -0.557 e. The summed E-state index contributed by atoms with van der Waals surface area (Å²) in [7, 11) is -1.34. The van der Waals surface area contributed by atoms with Crippen molar-refractivity contribution in [1.82, 2.24) is 14.5 Å². The zero-order valence-corrected chi connectivity index (χ0v) is 41.9. The molecular weight excluding hydrogens is 975 g/mol. The van der Waals surface area contributed by atoms with E-state index in [0.29, 0.717) is 28.2 Å². The Bertz CT molecular complexity index is 3030. The van der Waals surface area contributed by atoms with Crippen molar-refractivity contribution in [2.75, 3.05) is 0 Å². The van der Waals surface area contributed by atoms with Gasteiger partial charge in [0.25, 0.3) is 0 Å². The zero-order valence-electron chi connectivity index (χ0n) is 40.5. The number of benzene rings is 6. The summed E-state index contributed by atoms with van der Waals surface area (Å²) in [5.41, 5.74) is 14.0. The van der Waals surface area contributed by atoms with Crippen LogP contribution in [0, 0.1) is 18.2 Å². The van der Waals surface area contributed by atoms with Crippen LogP contribution in [0.5, 0.6) is 0 Å². The van der Waals surface area contributed by atoms with E-state index in [1.165, 1.54) is 33.0 Å². The van der Waals surface area contributed by atoms with Crippen molar-refractivity contribution >= 4 is 35.3 Å². The van der Waals surface area contributed by atoms with Crippen LogP contribution in [0.15, 0.2) is 156 Å². The summed E-state index contributed by atoms with van der Waals surface area (Å²) in [6, 6.07) is 51.9. The second kappa shape index (κ2) is 20.0. The van der Waals surface area contributed by atoms with Crippen LogP contribution < -0.4 is 5.19 Å². The van der Waals surface area contributed by atoms with E-state index in [0.717, 1.165) is 45.6 Å². The van der Waals surface area contributed by atoms with Gasteiger partial charge in [0, 0.05) is 46.6 Å². The van der Waals surface area contributed by atoms with Gasteiger partial charge in [0.2, 0.25) is 0 Å². The van der Waals surface area contributed by atoms with E-state index in [4.69, 9.17) is 12.1 Å². The molecule has 0 unspecified atom stereocenters. The van der Waals surface area contributed by atoms with Crippen molar-refractivity contribution in [3.8, 4) is 39.5 Å². The van der Waals surface area contributed by atoms with E-state index in [1.807, 2.05) is 72.8 Å². The third kappa shape index (κ3) is 10.2. The number of aromatic nitrogens is 3. The molecule has 0 atom stereocenters. The number of rotatable bonds is 11. The van der Waals surface area contributed by atoms with Gasteiger partial charge in [-0.2, -0.15) is 0 Å². The van der Waals surface area contributed by atoms with E-state index >= 15 is 0 Å². The van der Waals surface area contributed by atoms with Crippen molar-refractivity contribution in [2.45, 2.75) is 85.8 Å². The van der Waals surface area contributed by atoms with Crippen LogP contribution in [0.3, 0.4) is 0 Å². The molecule has 6 heteroatoms. The van der Waals surface area contributed by atoms with Gasteiger partial charge in [0.05, 0.1) is 24.9 Å². The van der Waals surface area contributed by atoms with Gasteiger partial charge in [0.15, 0.2) is 0 Å². The zero-order chi connectivity index (χ0) is 46.0. The van der Waals surface area contributed by atoms with Crippen molar-refractivity contribution in [2.24, 2.45) is 5.92 Å². The quantitative estimate of drug-likeness (QED) is 0.0958. The van der Waals surface area contributed by atoms with Crippen molar-refractivity contribution < 1.29 is 27.3 Å². The molecule has 0 amide bonds. The predicted molar refractivity (Wildman–Crippen MR) is 268 cm³/mol. The van der Waals surface area contributed by atoms with Crippen LogP contribution >= 0.6 is 0 Å². The SMILES string of the molecule is CC(C)Cc1cc(-c2[c-]cccc2)ncc1[Si](C)(C)C.[2H]C([2H])(c1ccccc1)c1ccc2o[c-]c(-c3nc4ccccc4n3-c3c(C(C)C)cc(-c4ccccc4)cc3C(C)C)c2c1.[Ir]. The first-order valence-corrected chi connectivity index (χ1v) is 25.8. The number of fused-ring (bicyclic) bond motifs is 2. The Kier molecular flexibility index (Phi) is 13.6. The largest absolute Gasteiger partial charge is 0.557 e. The smallest absolute Gasteiger partial charge is 0.0798 e. The second-order valence-electron chi connectivity index (χ2n) is 18.6. The molecule has 64 heavy (non-hydrogen) atoms. The molecule has 0 saturated carbocycles. The maximum absolute atomic E-state index is 9.02. The number of furan rings is 1. The summed E-state index contributed by atoms with van der Waals surface area (Å²) in [5.74, 6) is 1.87. The molecule has 0 aliphatic heterocycles. The van der Waals surface area contributed by atoms with Crippen molar-refractivity contribution in [3.63, 3.8) is 0 Å². The molecule has 6 aromatic carbocycles. The molecule has 327 valence electrons. The Balaban J connectivity index is 0.000000260. The Morgan fingerprint density at radius 1 is 0.703 bits per heavy atom. The number of para-hydroxylation sites is 2. The topological polar surface area (TPSA) is 43.9 Å². The molecule has 0 N–H and O–H groups in total. The first kappa shape index (κ1) is 43.6. The number of hydrogen-bond donors (Lipinski definition) is 0. The number of nitrogens with zero attached hydrogens (tertiary/aromatic N) is 3. The summed E-state index contributed by atoms with van der Waals surface area (Å²) >= 11 is 0. The first-order valence-electron chi connectivity index (χ1n) is 23.3. The fourth-order valence-electron chi connectivity index (χ4n) is 8.42. The third-order valence-corrected chi connectivity index (χ3v) is 13.6. The molecule has 0 fully saturated rings. The van der Waals surface area contributed by atoms with Crippen LogP contribution in [0.25, 0.3) is 61.5 Å². The predicted octanol–water partition coefficient (Wildman–Crippen LogP) is 15.0. The Hall–Kier alpha value is -5.65. The third-order valence-electron chi connectivity index (χ3n) is 11.5. The van der Waals surface area contributed by atoms with E-state index in [1.54, 1.807) is 6.07 Å². The molecule has 0 aliphatic carbocycles. The molecular formula is C58H59IrN3OSi-2. The normalized spacial score (nSPS) is 12.3. The minimum atomic E-state index is -1.69. The van der Waals surface area contributed by atoms with Crippen molar-refractivity contribution in [1.29, 1.82) is 0 Å². The fraction of sp³-hybridized carbons (Fsp3) is 0.241. The molecule has 3 heterocycles. The van der Waals surface area contributed by atoms with Crippen LogP contribution in [-0.2, 0) is 32.9 Å². The van der Waals surface area contributed by atoms with E-state index in [-0.39, 0.29) is 31.9 Å². The maximum atomic E-state index is 9.02. The van der Waals surface area contributed by atoms with Crippen LogP contribution in [0.4, 0.5) is 0 Å². The molecule has 0 bridgehead atoms. The van der Waals surface area contributed by atoms with Gasteiger partial charge < -0.3 is 14.0 Å². The molecule has 0 saturated heterocycles. The fourth-order valence-corrected chi connectivity index (χ4v) is 10.0. The minimum absolute atomic E-state index is 0. The Morgan fingerprint density at radius 3 is 2.00 bits per heavy atom. The summed E-state index contributed by atoms with van der Waals surface area (Å²) in [5, 5.41) is 2.27. The average Bonchev–Trinajstić information content (AvgIpc) is 3.90. The number of pyridine rings is 1. The summed E-state index contributed by atoms with van der Waals surface area (Å²) in [4.78, 5) is 9.88. The van der Waals surface area contributed by atoms with Crippen LogP contribution in [0.1, 0.15) is 83.9 Å². The summed E-state index contributed by atoms with van der Waals surface area (Å²) in [6.45, 7) is 20.7. The van der Waals surface area contributed by atoms with Gasteiger partial charge in [0.1, 0.15) is 0 Å². The standard InChI is InChI=1S/C40H35N2O.C18H24NSi.Ir/c1-26(2)32-23-31(30-15-9-6-10-16-30)24-33(27(3)4)39(32)42-37-18-12-11-17-36(37)41-40(42)35-25-43-38-20-19-29(22-34(35)38)21-28-13-7-5-8-14-28;1-14(2)11-16-12-17(15-9-7-6-8-10-15)19-13-18(16)20(3,4)5;/h5-20,22-24,26-27H,21H2,1-4H3;6-9,12-14H,11H2,1-5H3;/q2*-1;/i21D2;;. The van der Waals surface area contributed by atoms with Crippen LogP contribution in [-0.4, -0.2) is 22.6 Å². The van der Waals surface area contributed by atoms with Crippen LogP contribution in [0.2, 0.25) is 19.6 Å². The molecule has 0 spiro atoms. The first-order chi connectivity index (χ1) is 31.1. The average molecular weight is 1040 g/mol.